The van der Waals surface area contributed by atoms with Crippen LogP contribution >= 0.6 is 12.4 Å². The van der Waals surface area contributed by atoms with Crippen molar-refractivity contribution < 1.29 is 4.79 Å². The lowest BCUT2D eigenvalue weighted by Crippen LogP contribution is -2.38. The summed E-state index contributed by atoms with van der Waals surface area (Å²) < 4.78 is 1.78. The van der Waals surface area contributed by atoms with Crippen molar-refractivity contribution in [1.82, 2.24) is 20.0 Å². The molecular formula is C14H25ClN4O. The van der Waals surface area contributed by atoms with Gasteiger partial charge in [0.15, 0.2) is 0 Å². The van der Waals surface area contributed by atoms with E-state index in [1.54, 1.807) is 4.68 Å². The highest BCUT2D eigenvalue weighted by Gasteiger charge is 2.26. The molecule has 1 amide bonds. The van der Waals surface area contributed by atoms with E-state index < -0.39 is 0 Å². The van der Waals surface area contributed by atoms with Gasteiger partial charge in [-0.25, -0.2) is 0 Å². The Morgan fingerprint density at radius 2 is 2.05 bits per heavy atom. The van der Waals surface area contributed by atoms with Gasteiger partial charge in [-0.3, -0.25) is 9.48 Å². The second kappa shape index (κ2) is 7.09. The maximum atomic E-state index is 12.7. The predicted octanol–water partition coefficient (Wildman–Crippen LogP) is 1.67. The quantitative estimate of drug-likeness (QED) is 0.904. The summed E-state index contributed by atoms with van der Waals surface area (Å²) in [4.78, 5) is 14.6. The van der Waals surface area contributed by atoms with Gasteiger partial charge >= 0.3 is 0 Å². The first-order valence-electron chi connectivity index (χ1n) is 7.00. The number of hydrogen-bond donors (Lipinski definition) is 1. The number of aryl methyl sites for hydroxylation is 2. The zero-order valence-corrected chi connectivity index (χ0v) is 13.6. The summed E-state index contributed by atoms with van der Waals surface area (Å²) in [5.41, 5.74) is 2.53. The minimum absolute atomic E-state index is 0. The lowest BCUT2D eigenvalue weighted by atomic mass is 10.1. The van der Waals surface area contributed by atoms with Crippen molar-refractivity contribution in [2.75, 3.05) is 20.1 Å². The zero-order chi connectivity index (χ0) is 14.0. The van der Waals surface area contributed by atoms with Gasteiger partial charge in [0.2, 0.25) is 0 Å². The van der Waals surface area contributed by atoms with E-state index in [1.807, 2.05) is 32.8 Å². The second-order valence-electron chi connectivity index (χ2n) is 5.42. The highest BCUT2D eigenvalue weighted by atomic mass is 35.5. The predicted molar refractivity (Wildman–Crippen MR) is 82.5 cm³/mol. The van der Waals surface area contributed by atoms with Gasteiger partial charge in [-0.2, -0.15) is 5.10 Å². The van der Waals surface area contributed by atoms with Crippen LogP contribution in [-0.4, -0.2) is 46.8 Å². The lowest BCUT2D eigenvalue weighted by molar-refractivity contribution is 0.0719. The van der Waals surface area contributed by atoms with Crippen LogP contribution < -0.4 is 5.32 Å². The minimum Gasteiger partial charge on any atom is -0.339 e. The van der Waals surface area contributed by atoms with E-state index in [-0.39, 0.29) is 18.3 Å². The summed E-state index contributed by atoms with van der Waals surface area (Å²) in [6.07, 6.45) is 3.24. The Hall–Kier alpha value is -1.07. The van der Waals surface area contributed by atoms with Crippen molar-refractivity contribution in [2.45, 2.75) is 39.2 Å². The second-order valence-corrected chi connectivity index (χ2v) is 5.42. The summed E-state index contributed by atoms with van der Waals surface area (Å²) in [5.74, 6) is 0.106. The molecule has 0 radical (unpaired) electrons. The molecule has 1 N–H and O–H groups in total. The number of nitrogens with zero attached hydrogens (tertiary/aromatic N) is 3. The Labute approximate surface area is 127 Å². The molecule has 2 rings (SSSR count). The van der Waals surface area contributed by atoms with Crippen LogP contribution in [0.1, 0.15) is 41.0 Å². The monoisotopic (exact) mass is 300 g/mol. The van der Waals surface area contributed by atoms with Crippen LogP contribution in [0.4, 0.5) is 0 Å². The van der Waals surface area contributed by atoms with Gasteiger partial charge in [0.25, 0.3) is 5.91 Å². The van der Waals surface area contributed by atoms with Crippen molar-refractivity contribution >= 4 is 18.3 Å². The third-order valence-corrected chi connectivity index (χ3v) is 4.14. The standard InChI is InChI=1S/C14H24N4O.ClH/c1-10-13(11(2)18(4)16-10)14(19)17(3)12-6-5-8-15-9-7-12;/h12,15H,5-9H2,1-4H3;1H. The van der Waals surface area contributed by atoms with Crippen molar-refractivity contribution in [1.29, 1.82) is 0 Å². The fourth-order valence-corrected chi connectivity index (χ4v) is 2.81. The molecule has 114 valence electrons. The third-order valence-electron chi connectivity index (χ3n) is 4.14. The number of hydrogen-bond acceptors (Lipinski definition) is 3. The van der Waals surface area contributed by atoms with Crippen LogP contribution in [0.3, 0.4) is 0 Å². The van der Waals surface area contributed by atoms with Gasteiger partial charge in [-0.1, -0.05) is 0 Å². The molecule has 0 aliphatic carbocycles. The molecular weight excluding hydrogens is 276 g/mol. The van der Waals surface area contributed by atoms with E-state index in [0.717, 1.165) is 49.3 Å². The Kier molecular flexibility index (Phi) is 6.02. The molecule has 5 nitrogen and oxygen atoms in total. The van der Waals surface area contributed by atoms with Gasteiger partial charge in [0.05, 0.1) is 11.3 Å². The molecule has 0 spiro atoms. The smallest absolute Gasteiger partial charge is 0.257 e. The Morgan fingerprint density at radius 1 is 1.35 bits per heavy atom. The molecule has 1 aromatic rings. The van der Waals surface area contributed by atoms with Gasteiger partial charge in [0, 0.05) is 25.8 Å². The van der Waals surface area contributed by atoms with Gasteiger partial charge in [0.1, 0.15) is 0 Å². The van der Waals surface area contributed by atoms with Gasteiger partial charge < -0.3 is 10.2 Å². The first-order chi connectivity index (χ1) is 9.02. The molecule has 2 heterocycles. The van der Waals surface area contributed by atoms with Gasteiger partial charge in [-0.15, -0.1) is 12.4 Å². The molecule has 1 aliphatic heterocycles. The number of rotatable bonds is 2. The molecule has 6 heteroatoms. The molecule has 1 saturated heterocycles. The zero-order valence-electron chi connectivity index (χ0n) is 12.8. The van der Waals surface area contributed by atoms with E-state index in [4.69, 9.17) is 0 Å². The number of carbonyl (C=O) groups is 1. The topological polar surface area (TPSA) is 50.2 Å². The highest BCUT2D eigenvalue weighted by molar-refractivity contribution is 5.96. The van der Waals surface area contributed by atoms with Crippen LogP contribution in [0.15, 0.2) is 0 Å². The molecule has 1 aliphatic rings. The van der Waals surface area contributed by atoms with E-state index in [0.29, 0.717) is 6.04 Å². The van der Waals surface area contributed by atoms with E-state index >= 15 is 0 Å². The van der Waals surface area contributed by atoms with E-state index in [2.05, 4.69) is 10.4 Å². The first kappa shape index (κ1) is 17.0. The molecule has 0 saturated carbocycles. The molecule has 1 aromatic heterocycles. The normalized spacial score (nSPS) is 19.1. The summed E-state index contributed by atoms with van der Waals surface area (Å²) in [6, 6.07) is 0.335. The number of aromatic nitrogens is 2. The van der Waals surface area contributed by atoms with Crippen molar-refractivity contribution in [3.8, 4) is 0 Å². The van der Waals surface area contributed by atoms with Gasteiger partial charge in [-0.05, 0) is 46.2 Å². The summed E-state index contributed by atoms with van der Waals surface area (Å²) in [7, 11) is 3.80. The van der Waals surface area contributed by atoms with Crippen molar-refractivity contribution in [3.05, 3.63) is 17.0 Å². The van der Waals surface area contributed by atoms with Crippen LogP contribution in [0.5, 0.6) is 0 Å². The van der Waals surface area contributed by atoms with Crippen molar-refractivity contribution in [2.24, 2.45) is 7.05 Å². The maximum Gasteiger partial charge on any atom is 0.257 e. The Balaban J connectivity index is 0.00000200. The fourth-order valence-electron chi connectivity index (χ4n) is 2.81. The molecule has 0 aromatic carbocycles. The van der Waals surface area contributed by atoms with Crippen LogP contribution in [-0.2, 0) is 7.05 Å². The first-order valence-corrected chi connectivity index (χ1v) is 7.00. The summed E-state index contributed by atoms with van der Waals surface area (Å²) in [6.45, 7) is 5.91. The summed E-state index contributed by atoms with van der Waals surface area (Å²) >= 11 is 0. The molecule has 1 unspecified atom stereocenters. The number of nitrogens with one attached hydrogen (secondary N) is 1. The SMILES string of the molecule is Cc1nn(C)c(C)c1C(=O)N(C)C1CCCNCC1.Cl. The average Bonchev–Trinajstić information content (AvgIpc) is 2.62. The summed E-state index contributed by atoms with van der Waals surface area (Å²) in [5, 5.41) is 7.72. The molecule has 1 fully saturated rings. The number of amides is 1. The average molecular weight is 301 g/mol. The van der Waals surface area contributed by atoms with E-state index in [1.165, 1.54) is 0 Å². The Morgan fingerprint density at radius 3 is 2.65 bits per heavy atom. The fraction of sp³-hybridized carbons (Fsp3) is 0.714. The molecule has 1 atom stereocenters. The number of carbonyl (C=O) groups excluding carboxylic acids is 1. The molecule has 20 heavy (non-hydrogen) atoms. The largest absolute Gasteiger partial charge is 0.339 e. The van der Waals surface area contributed by atoms with Crippen LogP contribution in [0, 0.1) is 13.8 Å². The van der Waals surface area contributed by atoms with E-state index in [9.17, 15) is 4.79 Å². The minimum atomic E-state index is 0. The number of halogens is 1. The highest BCUT2D eigenvalue weighted by Crippen LogP contribution is 2.19. The van der Waals surface area contributed by atoms with Crippen LogP contribution in [0.25, 0.3) is 0 Å². The van der Waals surface area contributed by atoms with Crippen molar-refractivity contribution in [3.63, 3.8) is 0 Å². The lowest BCUT2D eigenvalue weighted by Gasteiger charge is -2.27. The molecule has 0 bridgehead atoms. The maximum absolute atomic E-state index is 12.7. The third kappa shape index (κ3) is 3.33. The Bertz CT molecular complexity index is 464. The van der Waals surface area contributed by atoms with Crippen LogP contribution in [0.2, 0.25) is 0 Å².